The van der Waals surface area contributed by atoms with Crippen molar-refractivity contribution in [2.24, 2.45) is 4.99 Å². The van der Waals surface area contributed by atoms with Crippen molar-refractivity contribution in [1.29, 1.82) is 0 Å². The second-order valence-corrected chi connectivity index (χ2v) is 5.00. The van der Waals surface area contributed by atoms with E-state index in [9.17, 15) is 18.4 Å². The Kier molecular flexibility index (Phi) is 4.37. The number of likely N-dealkylation sites (N-methyl/N-ethyl adjacent to an activating group) is 1. The summed E-state index contributed by atoms with van der Waals surface area (Å²) in [4.78, 5) is 28.5. The van der Waals surface area contributed by atoms with Gasteiger partial charge in [0.25, 0.3) is 5.91 Å². The van der Waals surface area contributed by atoms with Gasteiger partial charge in [-0.1, -0.05) is 0 Å². The van der Waals surface area contributed by atoms with Gasteiger partial charge in [0.1, 0.15) is 0 Å². The Hall–Kier alpha value is -2.22. The number of esters is 1. The van der Waals surface area contributed by atoms with Gasteiger partial charge in [-0.3, -0.25) is 9.69 Å². The maximum atomic E-state index is 13.1. The van der Waals surface area contributed by atoms with E-state index >= 15 is 0 Å². The summed E-state index contributed by atoms with van der Waals surface area (Å²) in [5, 5.41) is 0.251. The van der Waals surface area contributed by atoms with Crippen LogP contribution in [0.2, 0.25) is 0 Å². The average Bonchev–Trinajstić information content (AvgIpc) is 2.71. The van der Waals surface area contributed by atoms with Crippen molar-refractivity contribution in [1.82, 2.24) is 4.90 Å². The number of amidine groups is 1. The van der Waals surface area contributed by atoms with Crippen molar-refractivity contribution in [3.63, 3.8) is 0 Å². The number of amides is 1. The molecule has 1 heterocycles. The van der Waals surface area contributed by atoms with Gasteiger partial charge in [0.2, 0.25) is 0 Å². The fourth-order valence-corrected chi connectivity index (χ4v) is 2.43. The summed E-state index contributed by atoms with van der Waals surface area (Å²) < 4.78 is 30.4. The first kappa shape index (κ1) is 15.2. The van der Waals surface area contributed by atoms with Crippen LogP contribution in [0.4, 0.5) is 14.5 Å². The minimum Gasteiger partial charge on any atom is -0.466 e. The second-order valence-electron chi connectivity index (χ2n) is 3.99. The molecule has 8 heteroatoms. The Labute approximate surface area is 123 Å². The molecular weight excluding hydrogens is 302 g/mol. The number of ether oxygens (including phenoxy) is 1. The molecule has 1 aliphatic rings. The van der Waals surface area contributed by atoms with Crippen LogP contribution in [0.3, 0.4) is 0 Å². The number of rotatable bonds is 2. The molecular formula is C13H10F2N2O3S. The molecule has 5 nitrogen and oxygen atoms in total. The summed E-state index contributed by atoms with van der Waals surface area (Å²) in [6, 6.07) is 3.15. The number of carbonyl (C=O) groups is 2. The summed E-state index contributed by atoms with van der Waals surface area (Å²) >= 11 is 0.946. The van der Waals surface area contributed by atoms with Gasteiger partial charge in [-0.25, -0.2) is 18.6 Å². The highest BCUT2D eigenvalue weighted by atomic mass is 32.2. The first-order valence-electron chi connectivity index (χ1n) is 5.71. The van der Waals surface area contributed by atoms with Gasteiger partial charge >= 0.3 is 5.97 Å². The molecule has 0 aromatic heterocycles. The van der Waals surface area contributed by atoms with Crippen molar-refractivity contribution >= 4 is 34.5 Å². The van der Waals surface area contributed by atoms with Gasteiger partial charge in [0.05, 0.1) is 17.7 Å². The summed E-state index contributed by atoms with van der Waals surface area (Å²) in [5.74, 6) is -3.09. The number of methoxy groups -OCH3 is 1. The molecule has 21 heavy (non-hydrogen) atoms. The number of thioether (sulfide) groups is 1. The fraction of sp³-hybridized carbons (Fsp3) is 0.154. The lowest BCUT2D eigenvalue weighted by molar-refractivity contribution is -0.135. The summed E-state index contributed by atoms with van der Waals surface area (Å²) in [6.45, 7) is 0. The van der Waals surface area contributed by atoms with Crippen LogP contribution in [0, 0.1) is 11.6 Å². The third-order valence-corrected chi connectivity index (χ3v) is 3.64. The van der Waals surface area contributed by atoms with E-state index in [-0.39, 0.29) is 15.8 Å². The lowest BCUT2D eigenvalue weighted by atomic mass is 10.3. The standard InChI is InChI=1S/C13H10F2N2O3S/c1-17-12(19)10(6-11(18)20-2)21-13(17)16-7-3-4-8(14)9(15)5-7/h3-6H,1-2H3/b10-6+,16-13?. The molecule has 1 fully saturated rings. The first-order valence-corrected chi connectivity index (χ1v) is 6.53. The van der Waals surface area contributed by atoms with E-state index in [0.717, 1.165) is 30.0 Å². The SMILES string of the molecule is COC(=O)/C=C1/SC(=Nc2ccc(F)c(F)c2)N(C)C1=O. The van der Waals surface area contributed by atoms with E-state index in [0.29, 0.717) is 0 Å². The predicted molar refractivity (Wildman–Crippen MR) is 73.9 cm³/mol. The smallest absolute Gasteiger partial charge is 0.331 e. The van der Waals surface area contributed by atoms with E-state index in [1.165, 1.54) is 25.1 Å². The number of hydrogen-bond donors (Lipinski definition) is 0. The zero-order chi connectivity index (χ0) is 15.6. The maximum absolute atomic E-state index is 13.1. The van der Waals surface area contributed by atoms with Crippen LogP contribution in [-0.2, 0) is 14.3 Å². The highest BCUT2D eigenvalue weighted by Crippen LogP contribution is 2.31. The predicted octanol–water partition coefficient (Wildman–Crippen LogP) is 2.21. The molecule has 2 rings (SSSR count). The van der Waals surface area contributed by atoms with Gasteiger partial charge in [0, 0.05) is 19.2 Å². The number of halogens is 2. The van der Waals surface area contributed by atoms with Gasteiger partial charge in [0.15, 0.2) is 16.8 Å². The minimum atomic E-state index is -1.03. The summed E-state index contributed by atoms with van der Waals surface area (Å²) in [5.41, 5.74) is 0.162. The molecule has 0 saturated carbocycles. The van der Waals surface area contributed by atoms with E-state index in [4.69, 9.17) is 0 Å². The van der Waals surface area contributed by atoms with E-state index in [1.807, 2.05) is 0 Å². The van der Waals surface area contributed by atoms with Crippen LogP contribution < -0.4 is 0 Å². The van der Waals surface area contributed by atoms with Gasteiger partial charge in [-0.2, -0.15) is 0 Å². The third-order valence-electron chi connectivity index (χ3n) is 2.58. The van der Waals surface area contributed by atoms with Crippen LogP contribution in [0.5, 0.6) is 0 Å². The highest BCUT2D eigenvalue weighted by Gasteiger charge is 2.31. The Morgan fingerprint density at radius 2 is 2.10 bits per heavy atom. The first-order chi connectivity index (χ1) is 9.92. The van der Waals surface area contributed by atoms with Crippen molar-refractivity contribution < 1.29 is 23.1 Å². The monoisotopic (exact) mass is 312 g/mol. The lowest BCUT2D eigenvalue weighted by Gasteiger charge is -2.07. The molecule has 0 atom stereocenters. The number of benzene rings is 1. The Morgan fingerprint density at radius 1 is 1.38 bits per heavy atom. The molecule has 0 spiro atoms. The van der Waals surface area contributed by atoms with E-state index < -0.39 is 23.5 Å². The summed E-state index contributed by atoms with van der Waals surface area (Å²) in [6.07, 6.45) is 1.05. The van der Waals surface area contributed by atoms with Crippen LogP contribution >= 0.6 is 11.8 Å². The highest BCUT2D eigenvalue weighted by molar-refractivity contribution is 8.18. The lowest BCUT2D eigenvalue weighted by Crippen LogP contribution is -2.23. The molecule has 1 amide bonds. The number of nitrogens with zero attached hydrogens (tertiary/aromatic N) is 2. The Morgan fingerprint density at radius 3 is 2.71 bits per heavy atom. The van der Waals surface area contributed by atoms with Crippen molar-refractivity contribution in [3.05, 3.63) is 40.8 Å². The van der Waals surface area contributed by atoms with E-state index in [1.54, 1.807) is 0 Å². The molecule has 1 aromatic carbocycles. The third kappa shape index (κ3) is 3.27. The molecule has 1 saturated heterocycles. The van der Waals surface area contributed by atoms with E-state index in [2.05, 4.69) is 9.73 Å². The van der Waals surface area contributed by atoms with Crippen LogP contribution in [-0.4, -0.2) is 36.1 Å². The quantitative estimate of drug-likeness (QED) is 0.620. The van der Waals surface area contributed by atoms with Crippen molar-refractivity contribution in [2.75, 3.05) is 14.2 Å². The average molecular weight is 312 g/mol. The van der Waals surface area contributed by atoms with Crippen molar-refractivity contribution in [2.45, 2.75) is 0 Å². The zero-order valence-corrected chi connectivity index (χ0v) is 11.9. The van der Waals surface area contributed by atoms with Crippen LogP contribution in [0.25, 0.3) is 0 Å². The minimum absolute atomic E-state index is 0.144. The molecule has 0 bridgehead atoms. The second kappa shape index (κ2) is 6.04. The van der Waals surface area contributed by atoms with Gasteiger partial charge in [-0.15, -0.1) is 0 Å². The van der Waals surface area contributed by atoms with Crippen LogP contribution in [0.1, 0.15) is 0 Å². The summed E-state index contributed by atoms with van der Waals surface area (Å²) in [7, 11) is 2.66. The largest absolute Gasteiger partial charge is 0.466 e. The normalized spacial score (nSPS) is 18.7. The molecule has 0 unspecified atom stereocenters. The number of hydrogen-bond acceptors (Lipinski definition) is 5. The molecule has 0 radical (unpaired) electrons. The zero-order valence-electron chi connectivity index (χ0n) is 11.1. The Balaban J connectivity index is 2.30. The molecule has 1 aromatic rings. The molecule has 1 aliphatic heterocycles. The number of carbonyl (C=O) groups excluding carboxylic acids is 2. The molecule has 0 N–H and O–H groups in total. The van der Waals surface area contributed by atoms with Gasteiger partial charge in [-0.05, 0) is 23.9 Å². The topological polar surface area (TPSA) is 59.0 Å². The van der Waals surface area contributed by atoms with Crippen molar-refractivity contribution in [3.8, 4) is 0 Å². The maximum Gasteiger partial charge on any atom is 0.331 e. The van der Waals surface area contributed by atoms with Gasteiger partial charge < -0.3 is 4.74 Å². The molecule has 0 aliphatic carbocycles. The van der Waals surface area contributed by atoms with Crippen LogP contribution in [0.15, 0.2) is 34.2 Å². The number of aliphatic imine (C=N–C) groups is 1. The Bertz CT molecular complexity index is 673. The molecule has 110 valence electrons. The fourth-order valence-electron chi connectivity index (χ4n) is 1.48.